The van der Waals surface area contributed by atoms with Crippen molar-refractivity contribution < 1.29 is 4.39 Å². The SMILES string of the molecule is CC(C)CNCc1cc(F)cnc1N1CCCCCC1C. The molecule has 1 aliphatic rings. The van der Waals surface area contributed by atoms with Crippen LogP contribution in [-0.4, -0.2) is 24.1 Å². The lowest BCUT2D eigenvalue weighted by Gasteiger charge is -2.30. The highest BCUT2D eigenvalue weighted by atomic mass is 19.1. The van der Waals surface area contributed by atoms with Gasteiger partial charge in [0.05, 0.1) is 6.20 Å². The van der Waals surface area contributed by atoms with Gasteiger partial charge < -0.3 is 10.2 Å². The van der Waals surface area contributed by atoms with Gasteiger partial charge in [-0.15, -0.1) is 0 Å². The molecule has 0 amide bonds. The van der Waals surface area contributed by atoms with Gasteiger partial charge in [0.15, 0.2) is 0 Å². The largest absolute Gasteiger partial charge is 0.354 e. The predicted octanol–water partition coefficient (Wildman–Crippen LogP) is 3.74. The number of nitrogens with one attached hydrogen (secondary N) is 1. The third-order valence-corrected chi connectivity index (χ3v) is 4.10. The van der Waals surface area contributed by atoms with Gasteiger partial charge in [-0.1, -0.05) is 26.7 Å². The van der Waals surface area contributed by atoms with Crippen molar-refractivity contribution in [3.05, 3.63) is 23.6 Å². The number of hydrogen-bond donors (Lipinski definition) is 1. The van der Waals surface area contributed by atoms with E-state index in [-0.39, 0.29) is 5.82 Å². The topological polar surface area (TPSA) is 28.2 Å². The van der Waals surface area contributed by atoms with Crippen LogP contribution < -0.4 is 10.2 Å². The quantitative estimate of drug-likeness (QED) is 0.896. The Labute approximate surface area is 127 Å². The highest BCUT2D eigenvalue weighted by Gasteiger charge is 2.21. The number of nitrogens with zero attached hydrogens (tertiary/aromatic N) is 2. The molecular formula is C17H28FN3. The number of anilines is 1. The maximum Gasteiger partial charge on any atom is 0.141 e. The normalized spacial score (nSPS) is 19.9. The lowest BCUT2D eigenvalue weighted by Crippen LogP contribution is -2.34. The average Bonchev–Trinajstić information content (AvgIpc) is 2.64. The van der Waals surface area contributed by atoms with Crippen LogP contribution in [-0.2, 0) is 6.54 Å². The van der Waals surface area contributed by atoms with Crippen LogP contribution in [0.4, 0.5) is 10.2 Å². The first-order chi connectivity index (χ1) is 10.1. The van der Waals surface area contributed by atoms with E-state index in [1.54, 1.807) is 6.07 Å². The molecule has 1 atom stereocenters. The van der Waals surface area contributed by atoms with Crippen LogP contribution >= 0.6 is 0 Å². The van der Waals surface area contributed by atoms with Crippen molar-refractivity contribution in [2.75, 3.05) is 18.0 Å². The van der Waals surface area contributed by atoms with Gasteiger partial charge >= 0.3 is 0 Å². The molecule has 0 aliphatic carbocycles. The molecule has 1 N–H and O–H groups in total. The minimum atomic E-state index is -0.248. The Morgan fingerprint density at radius 2 is 2.19 bits per heavy atom. The van der Waals surface area contributed by atoms with Gasteiger partial charge in [0.1, 0.15) is 11.6 Å². The molecule has 1 unspecified atom stereocenters. The molecule has 2 heterocycles. The summed E-state index contributed by atoms with van der Waals surface area (Å²) >= 11 is 0. The van der Waals surface area contributed by atoms with Crippen LogP contribution in [0.5, 0.6) is 0 Å². The summed E-state index contributed by atoms with van der Waals surface area (Å²) in [6, 6.07) is 2.11. The van der Waals surface area contributed by atoms with E-state index in [9.17, 15) is 4.39 Å². The Hall–Kier alpha value is -1.16. The minimum absolute atomic E-state index is 0.248. The summed E-state index contributed by atoms with van der Waals surface area (Å²) in [5.41, 5.74) is 0.976. The summed E-state index contributed by atoms with van der Waals surface area (Å²) in [7, 11) is 0. The lowest BCUT2D eigenvalue weighted by atomic mass is 10.1. The van der Waals surface area contributed by atoms with Gasteiger partial charge in [-0.2, -0.15) is 0 Å². The van der Waals surface area contributed by atoms with E-state index < -0.39 is 0 Å². The minimum Gasteiger partial charge on any atom is -0.354 e. The van der Waals surface area contributed by atoms with Crippen molar-refractivity contribution in [1.82, 2.24) is 10.3 Å². The summed E-state index contributed by atoms with van der Waals surface area (Å²) in [4.78, 5) is 6.76. The third kappa shape index (κ3) is 4.67. The summed E-state index contributed by atoms with van der Waals surface area (Å²) < 4.78 is 13.6. The lowest BCUT2D eigenvalue weighted by molar-refractivity contribution is 0.545. The number of pyridine rings is 1. The van der Waals surface area contributed by atoms with E-state index in [2.05, 4.69) is 36.0 Å². The van der Waals surface area contributed by atoms with E-state index in [1.807, 2.05) is 0 Å². The van der Waals surface area contributed by atoms with Crippen molar-refractivity contribution in [2.45, 2.75) is 59.0 Å². The van der Waals surface area contributed by atoms with E-state index in [1.165, 1.54) is 31.9 Å². The molecule has 1 aromatic rings. The van der Waals surface area contributed by atoms with Crippen molar-refractivity contribution >= 4 is 5.82 Å². The van der Waals surface area contributed by atoms with Crippen LogP contribution in [0.1, 0.15) is 52.0 Å². The number of halogens is 1. The average molecular weight is 293 g/mol. The predicted molar refractivity (Wildman–Crippen MR) is 86.0 cm³/mol. The molecule has 0 spiro atoms. The fourth-order valence-corrected chi connectivity index (χ4v) is 2.95. The van der Waals surface area contributed by atoms with E-state index >= 15 is 0 Å². The van der Waals surface area contributed by atoms with Gasteiger partial charge in [-0.05, 0) is 38.3 Å². The van der Waals surface area contributed by atoms with Gasteiger partial charge in [0.25, 0.3) is 0 Å². The molecule has 0 aromatic carbocycles. The second-order valence-electron chi connectivity index (χ2n) is 6.55. The zero-order valence-corrected chi connectivity index (χ0v) is 13.5. The monoisotopic (exact) mass is 293 g/mol. The van der Waals surface area contributed by atoms with E-state index in [0.717, 1.165) is 24.5 Å². The zero-order valence-electron chi connectivity index (χ0n) is 13.5. The van der Waals surface area contributed by atoms with Gasteiger partial charge in [-0.25, -0.2) is 9.37 Å². The van der Waals surface area contributed by atoms with Crippen LogP contribution in [0, 0.1) is 11.7 Å². The first kappa shape index (κ1) is 16.2. The second kappa shape index (κ2) is 7.74. The fourth-order valence-electron chi connectivity index (χ4n) is 2.95. The molecule has 1 aromatic heterocycles. The third-order valence-electron chi connectivity index (χ3n) is 4.10. The van der Waals surface area contributed by atoms with Crippen LogP contribution in [0.25, 0.3) is 0 Å². The molecule has 118 valence electrons. The molecule has 4 heteroatoms. The number of aromatic nitrogens is 1. The highest BCUT2D eigenvalue weighted by Crippen LogP contribution is 2.26. The van der Waals surface area contributed by atoms with Crippen LogP contribution in [0.3, 0.4) is 0 Å². The number of hydrogen-bond acceptors (Lipinski definition) is 3. The van der Waals surface area contributed by atoms with Gasteiger partial charge in [0.2, 0.25) is 0 Å². The Kier molecular flexibility index (Phi) is 5.97. The zero-order chi connectivity index (χ0) is 15.2. The van der Waals surface area contributed by atoms with E-state index in [0.29, 0.717) is 18.5 Å². The van der Waals surface area contributed by atoms with Crippen LogP contribution in [0.2, 0.25) is 0 Å². The molecule has 0 radical (unpaired) electrons. The summed E-state index contributed by atoms with van der Waals surface area (Å²) in [5.74, 6) is 1.30. The maximum atomic E-state index is 13.6. The molecular weight excluding hydrogens is 265 g/mol. The molecule has 1 fully saturated rings. The Balaban J connectivity index is 2.16. The maximum absolute atomic E-state index is 13.6. The van der Waals surface area contributed by atoms with Gasteiger partial charge in [0, 0.05) is 24.7 Å². The fraction of sp³-hybridized carbons (Fsp3) is 0.706. The van der Waals surface area contributed by atoms with Crippen molar-refractivity contribution in [1.29, 1.82) is 0 Å². The summed E-state index contributed by atoms with van der Waals surface area (Å²) in [6.07, 6.45) is 6.29. The first-order valence-corrected chi connectivity index (χ1v) is 8.19. The highest BCUT2D eigenvalue weighted by molar-refractivity contribution is 5.48. The standard InChI is InChI=1S/C17H28FN3/c1-13(2)10-19-11-15-9-16(18)12-20-17(15)21-8-6-4-5-7-14(21)3/h9,12-14,19H,4-8,10-11H2,1-3H3. The Morgan fingerprint density at radius 1 is 1.38 bits per heavy atom. The molecule has 3 nitrogen and oxygen atoms in total. The Bertz CT molecular complexity index is 448. The molecule has 1 saturated heterocycles. The molecule has 1 aliphatic heterocycles. The second-order valence-corrected chi connectivity index (χ2v) is 6.55. The molecule has 2 rings (SSSR count). The summed E-state index contributed by atoms with van der Waals surface area (Å²) in [5, 5.41) is 3.40. The van der Waals surface area contributed by atoms with Crippen molar-refractivity contribution in [3.8, 4) is 0 Å². The molecule has 21 heavy (non-hydrogen) atoms. The van der Waals surface area contributed by atoms with Crippen LogP contribution in [0.15, 0.2) is 12.3 Å². The smallest absolute Gasteiger partial charge is 0.141 e. The van der Waals surface area contributed by atoms with Gasteiger partial charge in [-0.3, -0.25) is 0 Å². The van der Waals surface area contributed by atoms with Crippen molar-refractivity contribution in [2.24, 2.45) is 5.92 Å². The Morgan fingerprint density at radius 3 is 2.95 bits per heavy atom. The van der Waals surface area contributed by atoms with Crippen molar-refractivity contribution in [3.63, 3.8) is 0 Å². The summed E-state index contributed by atoms with van der Waals surface area (Å²) in [6.45, 7) is 9.24. The number of rotatable bonds is 5. The first-order valence-electron chi connectivity index (χ1n) is 8.19. The van der Waals surface area contributed by atoms with E-state index in [4.69, 9.17) is 0 Å². The molecule has 0 bridgehead atoms. The molecule has 0 saturated carbocycles.